The SMILES string of the molecule is COCCCNCCN1CCN(CC(F)(F)F)CC1. The van der Waals surface area contributed by atoms with Crippen molar-refractivity contribution in [3.63, 3.8) is 0 Å². The highest BCUT2D eigenvalue weighted by Gasteiger charge is 2.31. The zero-order valence-corrected chi connectivity index (χ0v) is 11.5. The van der Waals surface area contributed by atoms with Crippen molar-refractivity contribution >= 4 is 0 Å². The van der Waals surface area contributed by atoms with Gasteiger partial charge in [0.15, 0.2) is 0 Å². The Kier molecular flexibility index (Phi) is 7.67. The summed E-state index contributed by atoms with van der Waals surface area (Å²) in [7, 11) is 1.68. The Hall–Kier alpha value is -0.370. The van der Waals surface area contributed by atoms with Crippen molar-refractivity contribution in [2.45, 2.75) is 12.6 Å². The van der Waals surface area contributed by atoms with Gasteiger partial charge in [-0.3, -0.25) is 9.80 Å². The van der Waals surface area contributed by atoms with Crippen molar-refractivity contribution in [2.75, 3.05) is 66.1 Å². The van der Waals surface area contributed by atoms with E-state index in [1.165, 1.54) is 4.90 Å². The van der Waals surface area contributed by atoms with Gasteiger partial charge in [0, 0.05) is 53.0 Å². The van der Waals surface area contributed by atoms with Crippen molar-refractivity contribution in [2.24, 2.45) is 0 Å². The third-order valence-electron chi connectivity index (χ3n) is 3.17. The van der Waals surface area contributed by atoms with Crippen LogP contribution in [-0.4, -0.2) is 82.1 Å². The minimum absolute atomic E-state index is 0.503. The summed E-state index contributed by atoms with van der Waals surface area (Å²) in [6, 6.07) is 0. The van der Waals surface area contributed by atoms with Gasteiger partial charge in [-0.25, -0.2) is 0 Å². The fourth-order valence-corrected chi connectivity index (χ4v) is 2.13. The maximum Gasteiger partial charge on any atom is 0.401 e. The van der Waals surface area contributed by atoms with E-state index in [9.17, 15) is 13.2 Å². The molecule has 1 fully saturated rings. The Morgan fingerprint density at radius 3 is 2.26 bits per heavy atom. The van der Waals surface area contributed by atoms with E-state index in [0.717, 1.165) is 45.8 Å². The van der Waals surface area contributed by atoms with Crippen molar-refractivity contribution in [1.29, 1.82) is 0 Å². The molecule has 0 aromatic rings. The molecule has 0 radical (unpaired) electrons. The topological polar surface area (TPSA) is 27.7 Å². The molecule has 1 heterocycles. The van der Waals surface area contributed by atoms with E-state index >= 15 is 0 Å². The summed E-state index contributed by atoms with van der Waals surface area (Å²) >= 11 is 0. The molecule has 0 saturated carbocycles. The van der Waals surface area contributed by atoms with Crippen LogP contribution in [0.4, 0.5) is 13.2 Å². The number of hydrogen-bond acceptors (Lipinski definition) is 4. The molecule has 0 amide bonds. The third-order valence-corrected chi connectivity index (χ3v) is 3.17. The number of nitrogens with one attached hydrogen (secondary N) is 1. The van der Waals surface area contributed by atoms with Crippen LogP contribution in [0.1, 0.15) is 6.42 Å². The van der Waals surface area contributed by atoms with Crippen LogP contribution >= 0.6 is 0 Å². The van der Waals surface area contributed by atoms with Crippen LogP contribution in [0.5, 0.6) is 0 Å². The number of nitrogens with zero attached hydrogens (tertiary/aromatic N) is 2. The molecule has 19 heavy (non-hydrogen) atoms. The molecule has 0 unspecified atom stereocenters. The van der Waals surface area contributed by atoms with Crippen molar-refractivity contribution in [1.82, 2.24) is 15.1 Å². The second-order valence-electron chi connectivity index (χ2n) is 4.83. The predicted octanol–water partition coefficient (Wildman–Crippen LogP) is 0.792. The van der Waals surface area contributed by atoms with Crippen LogP contribution in [0.2, 0.25) is 0 Å². The first kappa shape index (κ1) is 16.7. The molecule has 0 atom stereocenters. The molecule has 114 valence electrons. The average Bonchev–Trinajstić information content (AvgIpc) is 2.34. The van der Waals surface area contributed by atoms with Crippen molar-refractivity contribution in [3.8, 4) is 0 Å². The Morgan fingerprint density at radius 1 is 1.05 bits per heavy atom. The Bertz CT molecular complexity index is 231. The maximum absolute atomic E-state index is 12.2. The fourth-order valence-electron chi connectivity index (χ4n) is 2.13. The van der Waals surface area contributed by atoms with Gasteiger partial charge in [-0.1, -0.05) is 0 Å². The lowest BCUT2D eigenvalue weighted by atomic mass is 10.3. The van der Waals surface area contributed by atoms with E-state index in [2.05, 4.69) is 10.2 Å². The van der Waals surface area contributed by atoms with Crippen LogP contribution < -0.4 is 5.32 Å². The second kappa shape index (κ2) is 8.73. The highest BCUT2D eigenvalue weighted by molar-refractivity contribution is 4.74. The number of rotatable bonds is 8. The molecule has 7 heteroatoms. The normalized spacial score (nSPS) is 18.9. The van der Waals surface area contributed by atoms with Gasteiger partial charge < -0.3 is 10.1 Å². The largest absolute Gasteiger partial charge is 0.401 e. The van der Waals surface area contributed by atoms with Gasteiger partial charge in [-0.05, 0) is 13.0 Å². The first-order valence-electron chi connectivity index (χ1n) is 6.72. The second-order valence-corrected chi connectivity index (χ2v) is 4.83. The summed E-state index contributed by atoms with van der Waals surface area (Å²) in [5, 5.41) is 3.30. The van der Waals surface area contributed by atoms with Gasteiger partial charge in [0.2, 0.25) is 0 Å². The summed E-state index contributed by atoms with van der Waals surface area (Å²) < 4.78 is 41.6. The summed E-state index contributed by atoms with van der Waals surface area (Å²) in [6.45, 7) is 5.11. The van der Waals surface area contributed by atoms with Gasteiger partial charge in [-0.15, -0.1) is 0 Å². The number of alkyl halides is 3. The van der Waals surface area contributed by atoms with Crippen LogP contribution in [0.15, 0.2) is 0 Å². The third kappa shape index (κ3) is 8.41. The molecule has 1 rings (SSSR count). The minimum Gasteiger partial charge on any atom is -0.385 e. The molecule has 1 aliphatic rings. The quantitative estimate of drug-likeness (QED) is 0.667. The summed E-state index contributed by atoms with van der Waals surface area (Å²) in [5.74, 6) is 0. The molecule has 0 spiro atoms. The fraction of sp³-hybridized carbons (Fsp3) is 1.00. The molecule has 1 N–H and O–H groups in total. The number of hydrogen-bond donors (Lipinski definition) is 1. The van der Waals surface area contributed by atoms with Crippen LogP contribution in [0.3, 0.4) is 0 Å². The number of piperazine rings is 1. The van der Waals surface area contributed by atoms with Gasteiger partial charge in [0.25, 0.3) is 0 Å². The molecule has 4 nitrogen and oxygen atoms in total. The molecule has 1 aliphatic heterocycles. The van der Waals surface area contributed by atoms with E-state index in [-0.39, 0.29) is 0 Å². The van der Waals surface area contributed by atoms with Gasteiger partial charge in [0.1, 0.15) is 0 Å². The highest BCUT2D eigenvalue weighted by Crippen LogP contribution is 2.17. The molecule has 0 aromatic heterocycles. The van der Waals surface area contributed by atoms with Gasteiger partial charge in [0.05, 0.1) is 6.54 Å². The maximum atomic E-state index is 12.2. The Balaban J connectivity index is 2.01. The first-order valence-corrected chi connectivity index (χ1v) is 6.72. The number of ether oxygens (including phenoxy) is 1. The lowest BCUT2D eigenvalue weighted by Gasteiger charge is -2.34. The summed E-state index contributed by atoms with van der Waals surface area (Å²) in [4.78, 5) is 3.68. The number of halogens is 3. The molecule has 0 bridgehead atoms. The zero-order valence-electron chi connectivity index (χ0n) is 11.5. The standard InChI is InChI=1S/C12H24F3N3O/c1-19-10-2-3-16-4-5-17-6-8-18(9-7-17)11-12(13,14)15/h16H,2-11H2,1H3. The van der Waals surface area contributed by atoms with Crippen LogP contribution in [0, 0.1) is 0 Å². The lowest BCUT2D eigenvalue weighted by molar-refractivity contribution is -0.149. The van der Waals surface area contributed by atoms with E-state index in [1.54, 1.807) is 7.11 Å². The smallest absolute Gasteiger partial charge is 0.385 e. The first-order chi connectivity index (χ1) is 9.01. The Labute approximate surface area is 112 Å². The Morgan fingerprint density at radius 2 is 1.68 bits per heavy atom. The zero-order chi connectivity index (χ0) is 14.1. The van der Waals surface area contributed by atoms with Gasteiger partial charge >= 0.3 is 6.18 Å². The van der Waals surface area contributed by atoms with E-state index in [1.807, 2.05) is 0 Å². The van der Waals surface area contributed by atoms with Crippen LogP contribution in [-0.2, 0) is 4.74 Å². The van der Waals surface area contributed by atoms with E-state index < -0.39 is 12.7 Å². The average molecular weight is 283 g/mol. The predicted molar refractivity (Wildman–Crippen MR) is 68.3 cm³/mol. The van der Waals surface area contributed by atoms with Crippen molar-refractivity contribution in [3.05, 3.63) is 0 Å². The minimum atomic E-state index is -4.08. The molecule has 1 saturated heterocycles. The molecule has 0 aliphatic carbocycles. The monoisotopic (exact) mass is 283 g/mol. The van der Waals surface area contributed by atoms with Gasteiger partial charge in [-0.2, -0.15) is 13.2 Å². The summed E-state index contributed by atoms with van der Waals surface area (Å²) in [6.07, 6.45) is -3.10. The highest BCUT2D eigenvalue weighted by atomic mass is 19.4. The summed E-state index contributed by atoms with van der Waals surface area (Å²) in [5.41, 5.74) is 0. The number of methoxy groups -OCH3 is 1. The lowest BCUT2D eigenvalue weighted by Crippen LogP contribution is -2.50. The van der Waals surface area contributed by atoms with Crippen molar-refractivity contribution < 1.29 is 17.9 Å². The van der Waals surface area contributed by atoms with E-state index in [4.69, 9.17) is 4.74 Å². The molecular formula is C12H24F3N3O. The van der Waals surface area contributed by atoms with E-state index in [0.29, 0.717) is 13.1 Å². The molecular weight excluding hydrogens is 259 g/mol. The van der Waals surface area contributed by atoms with Crippen LogP contribution in [0.25, 0.3) is 0 Å². The molecule has 0 aromatic carbocycles.